The van der Waals surface area contributed by atoms with E-state index in [9.17, 15) is 0 Å². The molecular formula is C58H39NO. The van der Waals surface area contributed by atoms with Gasteiger partial charge in [0, 0.05) is 33.3 Å². The van der Waals surface area contributed by atoms with Crippen molar-refractivity contribution in [3.8, 4) is 55.6 Å². The summed E-state index contributed by atoms with van der Waals surface area (Å²) in [5.74, 6) is 0. The lowest BCUT2D eigenvalue weighted by molar-refractivity contribution is 0.670. The molecule has 0 fully saturated rings. The van der Waals surface area contributed by atoms with Crippen molar-refractivity contribution in [2.75, 3.05) is 4.90 Å². The Kier molecular flexibility index (Phi) is 8.87. The Hall–Kier alpha value is -7.94. The van der Waals surface area contributed by atoms with Crippen LogP contribution in [0, 0.1) is 0 Å². The molecule has 2 nitrogen and oxygen atoms in total. The molecule has 0 atom stereocenters. The van der Waals surface area contributed by atoms with Crippen LogP contribution in [-0.4, -0.2) is 0 Å². The number of benzene rings is 10. The van der Waals surface area contributed by atoms with E-state index < -0.39 is 0 Å². The zero-order chi connectivity index (χ0) is 39.8. The third-order valence-electron chi connectivity index (χ3n) is 11.7. The highest BCUT2D eigenvalue weighted by molar-refractivity contribution is 6.11. The Bertz CT molecular complexity index is 3300. The Morgan fingerprint density at radius 1 is 0.283 bits per heavy atom. The van der Waals surface area contributed by atoms with Gasteiger partial charge in [-0.1, -0.05) is 194 Å². The van der Waals surface area contributed by atoms with E-state index in [1.807, 2.05) is 6.07 Å². The van der Waals surface area contributed by atoms with Crippen molar-refractivity contribution in [2.24, 2.45) is 0 Å². The van der Waals surface area contributed by atoms with E-state index in [4.69, 9.17) is 4.42 Å². The largest absolute Gasteiger partial charge is 0.455 e. The van der Waals surface area contributed by atoms with Crippen LogP contribution < -0.4 is 4.90 Å². The Morgan fingerprint density at radius 2 is 0.800 bits per heavy atom. The number of rotatable bonds is 8. The van der Waals surface area contributed by atoms with Crippen LogP contribution in [0.1, 0.15) is 0 Å². The zero-order valence-corrected chi connectivity index (χ0v) is 32.9. The molecule has 1 aromatic heterocycles. The van der Waals surface area contributed by atoms with Gasteiger partial charge in [0.15, 0.2) is 0 Å². The van der Waals surface area contributed by atoms with E-state index in [0.717, 1.165) is 66.8 Å². The molecule has 0 saturated carbocycles. The van der Waals surface area contributed by atoms with Crippen molar-refractivity contribution in [1.29, 1.82) is 0 Å². The van der Waals surface area contributed by atoms with E-state index >= 15 is 0 Å². The SMILES string of the molecule is c1ccc(-c2ccc(-c3ccc(N(c4cccc(-c5cccc(-c6cccc7ccccc67)c5)c4)c4ccccc4-c4cccc5c4oc4ccccc45)cc3)cc2)cc1. The molecule has 0 spiro atoms. The Labute approximate surface area is 349 Å². The van der Waals surface area contributed by atoms with Crippen LogP contribution in [0.2, 0.25) is 0 Å². The first-order valence-corrected chi connectivity index (χ1v) is 20.5. The Morgan fingerprint density at radius 3 is 1.62 bits per heavy atom. The lowest BCUT2D eigenvalue weighted by Crippen LogP contribution is -2.11. The van der Waals surface area contributed by atoms with Gasteiger partial charge in [0.2, 0.25) is 0 Å². The second-order valence-corrected chi connectivity index (χ2v) is 15.3. The summed E-state index contributed by atoms with van der Waals surface area (Å²) in [5, 5.41) is 4.73. The third-order valence-corrected chi connectivity index (χ3v) is 11.7. The second-order valence-electron chi connectivity index (χ2n) is 15.3. The van der Waals surface area contributed by atoms with Crippen molar-refractivity contribution in [3.05, 3.63) is 237 Å². The summed E-state index contributed by atoms with van der Waals surface area (Å²) in [5.41, 5.74) is 16.6. The maximum absolute atomic E-state index is 6.62. The molecule has 1 heterocycles. The van der Waals surface area contributed by atoms with E-state index in [1.54, 1.807) is 0 Å². The predicted molar refractivity (Wildman–Crippen MR) is 253 cm³/mol. The molecule has 11 aromatic rings. The molecule has 0 aliphatic carbocycles. The standard InChI is InChI=1S/C58H39NO/c1-2-14-40(15-3-1)41-30-32-42(33-31-41)43-34-36-48(37-35-43)59(56-28-8-6-23-52(56)54-26-13-27-55-53-24-7-9-29-57(53)60-58(54)55)49-21-11-19-46(39-49)45-18-10-20-47(38-45)51-25-12-17-44-16-4-5-22-50(44)51/h1-39H. The zero-order valence-electron chi connectivity index (χ0n) is 32.9. The van der Waals surface area contributed by atoms with E-state index in [0.29, 0.717) is 0 Å². The van der Waals surface area contributed by atoms with Crippen molar-refractivity contribution in [3.63, 3.8) is 0 Å². The first-order valence-electron chi connectivity index (χ1n) is 20.5. The fraction of sp³-hybridized carbons (Fsp3) is 0. The van der Waals surface area contributed by atoms with Gasteiger partial charge in [-0.2, -0.15) is 0 Å². The average Bonchev–Trinajstić information content (AvgIpc) is 3.72. The molecule has 282 valence electrons. The number of nitrogens with zero attached hydrogens (tertiary/aromatic N) is 1. The lowest BCUT2D eigenvalue weighted by Gasteiger charge is -2.28. The van der Waals surface area contributed by atoms with Gasteiger partial charge in [0.25, 0.3) is 0 Å². The number of para-hydroxylation sites is 3. The first kappa shape index (κ1) is 35.2. The summed E-state index contributed by atoms with van der Waals surface area (Å²) in [6.45, 7) is 0. The molecule has 0 N–H and O–H groups in total. The van der Waals surface area contributed by atoms with Gasteiger partial charge in [0.05, 0.1) is 5.69 Å². The van der Waals surface area contributed by atoms with Crippen LogP contribution in [0.5, 0.6) is 0 Å². The summed E-state index contributed by atoms with van der Waals surface area (Å²) in [6, 6.07) is 84.8. The number of fused-ring (bicyclic) bond motifs is 4. The third kappa shape index (κ3) is 6.41. The number of hydrogen-bond acceptors (Lipinski definition) is 2. The van der Waals surface area contributed by atoms with Gasteiger partial charge in [-0.15, -0.1) is 0 Å². The first-order chi connectivity index (χ1) is 29.7. The number of anilines is 3. The van der Waals surface area contributed by atoms with Gasteiger partial charge in [-0.05, 0) is 97.7 Å². The average molecular weight is 766 g/mol. The van der Waals surface area contributed by atoms with Crippen LogP contribution in [0.15, 0.2) is 241 Å². The molecule has 0 radical (unpaired) electrons. The number of furan rings is 1. The summed E-state index contributed by atoms with van der Waals surface area (Å²) >= 11 is 0. The second kappa shape index (κ2) is 15.1. The highest BCUT2D eigenvalue weighted by Crippen LogP contribution is 2.45. The quantitative estimate of drug-likeness (QED) is 0.153. The van der Waals surface area contributed by atoms with Gasteiger partial charge in [-0.25, -0.2) is 0 Å². The molecule has 0 aliphatic rings. The van der Waals surface area contributed by atoms with Gasteiger partial charge in [-0.3, -0.25) is 0 Å². The molecule has 0 amide bonds. The van der Waals surface area contributed by atoms with Crippen LogP contribution in [0.4, 0.5) is 17.1 Å². The predicted octanol–water partition coefficient (Wildman–Crippen LogP) is 16.5. The van der Waals surface area contributed by atoms with E-state index in [-0.39, 0.29) is 0 Å². The maximum atomic E-state index is 6.62. The minimum Gasteiger partial charge on any atom is -0.455 e. The highest BCUT2D eigenvalue weighted by Gasteiger charge is 2.21. The normalized spacial score (nSPS) is 11.3. The van der Waals surface area contributed by atoms with Crippen molar-refractivity contribution in [1.82, 2.24) is 0 Å². The molecule has 2 heteroatoms. The van der Waals surface area contributed by atoms with Gasteiger partial charge < -0.3 is 9.32 Å². The van der Waals surface area contributed by atoms with Crippen molar-refractivity contribution < 1.29 is 4.42 Å². The van der Waals surface area contributed by atoms with Crippen LogP contribution in [0.25, 0.3) is 88.3 Å². The van der Waals surface area contributed by atoms with Crippen LogP contribution in [-0.2, 0) is 0 Å². The van der Waals surface area contributed by atoms with E-state index in [1.165, 1.54) is 38.6 Å². The van der Waals surface area contributed by atoms with Crippen LogP contribution in [0.3, 0.4) is 0 Å². The lowest BCUT2D eigenvalue weighted by atomic mass is 9.95. The molecule has 0 saturated heterocycles. The van der Waals surface area contributed by atoms with Crippen LogP contribution >= 0.6 is 0 Å². The monoisotopic (exact) mass is 765 g/mol. The molecular weight excluding hydrogens is 727 g/mol. The van der Waals surface area contributed by atoms with Gasteiger partial charge >= 0.3 is 0 Å². The summed E-state index contributed by atoms with van der Waals surface area (Å²) in [4.78, 5) is 2.39. The smallest absolute Gasteiger partial charge is 0.143 e. The van der Waals surface area contributed by atoms with Crippen molar-refractivity contribution in [2.45, 2.75) is 0 Å². The molecule has 0 bridgehead atoms. The fourth-order valence-electron chi connectivity index (χ4n) is 8.74. The fourth-order valence-corrected chi connectivity index (χ4v) is 8.74. The summed E-state index contributed by atoms with van der Waals surface area (Å²) < 4.78 is 6.62. The molecule has 60 heavy (non-hydrogen) atoms. The topological polar surface area (TPSA) is 16.4 Å². The molecule has 0 unspecified atom stereocenters. The molecule has 10 aromatic carbocycles. The number of hydrogen-bond donors (Lipinski definition) is 0. The minimum atomic E-state index is 0.888. The van der Waals surface area contributed by atoms with Gasteiger partial charge in [0.1, 0.15) is 11.2 Å². The molecule has 0 aliphatic heterocycles. The minimum absolute atomic E-state index is 0.888. The Balaban J connectivity index is 1.04. The summed E-state index contributed by atoms with van der Waals surface area (Å²) in [6.07, 6.45) is 0. The summed E-state index contributed by atoms with van der Waals surface area (Å²) in [7, 11) is 0. The highest BCUT2D eigenvalue weighted by atomic mass is 16.3. The van der Waals surface area contributed by atoms with Crippen molar-refractivity contribution >= 4 is 49.8 Å². The molecule has 11 rings (SSSR count). The van der Waals surface area contributed by atoms with E-state index in [2.05, 4.69) is 235 Å². The maximum Gasteiger partial charge on any atom is 0.143 e.